The minimum absolute atomic E-state index is 0.510. The van der Waals surface area contributed by atoms with E-state index in [0.717, 1.165) is 43.4 Å². The zero-order valence-electron chi connectivity index (χ0n) is 15.3. The predicted molar refractivity (Wildman–Crippen MR) is 98.8 cm³/mol. The van der Waals surface area contributed by atoms with E-state index in [1.807, 2.05) is 49.8 Å². The van der Waals surface area contributed by atoms with E-state index in [4.69, 9.17) is 4.74 Å². The van der Waals surface area contributed by atoms with Crippen molar-refractivity contribution in [2.24, 2.45) is 7.05 Å². The Morgan fingerprint density at radius 1 is 1.20 bits per heavy atom. The average molecular weight is 344 g/mol. The number of ether oxygens (including phenoxy) is 1. The first-order valence-electron chi connectivity index (χ1n) is 8.86. The summed E-state index contributed by atoms with van der Waals surface area (Å²) in [4.78, 5) is 2.33. The molecule has 1 fully saturated rings. The van der Waals surface area contributed by atoms with Crippen molar-refractivity contribution in [2.45, 2.75) is 26.5 Å². The number of aliphatic hydroxyl groups excluding tert-OH is 1. The van der Waals surface area contributed by atoms with Gasteiger partial charge >= 0.3 is 0 Å². The molecule has 136 valence electrons. The fourth-order valence-electron chi connectivity index (χ4n) is 3.31. The van der Waals surface area contributed by atoms with Crippen molar-refractivity contribution in [3.63, 3.8) is 0 Å². The molecule has 0 amide bonds. The number of anilines is 1. The second-order valence-corrected chi connectivity index (χ2v) is 6.67. The molecule has 0 aliphatic carbocycles. The number of hydrogen-bond donors (Lipinski definition) is 2. The molecule has 0 saturated carbocycles. The van der Waals surface area contributed by atoms with E-state index in [9.17, 15) is 5.11 Å². The summed E-state index contributed by atoms with van der Waals surface area (Å²) in [6.07, 6.45) is -0.510. The quantitative estimate of drug-likeness (QED) is 0.835. The molecular weight excluding hydrogens is 316 g/mol. The maximum atomic E-state index is 10.4. The van der Waals surface area contributed by atoms with Gasteiger partial charge in [0.15, 0.2) is 0 Å². The van der Waals surface area contributed by atoms with Crippen LogP contribution in [-0.2, 0) is 18.3 Å². The Labute approximate surface area is 149 Å². The van der Waals surface area contributed by atoms with Crippen LogP contribution in [0, 0.1) is 13.8 Å². The molecule has 6 heteroatoms. The third-order valence-electron chi connectivity index (χ3n) is 4.73. The third kappa shape index (κ3) is 4.21. The molecule has 0 bridgehead atoms. The number of rotatable bonds is 6. The minimum Gasteiger partial charge on any atom is -0.387 e. The Bertz CT molecular complexity index is 690. The topological polar surface area (TPSA) is 62.5 Å². The van der Waals surface area contributed by atoms with E-state index in [-0.39, 0.29) is 0 Å². The number of morpholine rings is 1. The van der Waals surface area contributed by atoms with Crippen molar-refractivity contribution in [3.8, 4) is 0 Å². The van der Waals surface area contributed by atoms with Gasteiger partial charge in [-0.25, -0.2) is 0 Å². The van der Waals surface area contributed by atoms with Crippen LogP contribution in [0.4, 0.5) is 5.82 Å². The Kier molecular flexibility index (Phi) is 5.73. The predicted octanol–water partition coefficient (Wildman–Crippen LogP) is 1.70. The number of benzene rings is 1. The summed E-state index contributed by atoms with van der Waals surface area (Å²) in [5.74, 6) is 1.15. The molecule has 2 N–H and O–H groups in total. The largest absolute Gasteiger partial charge is 0.387 e. The maximum Gasteiger partial charge on any atom is 0.131 e. The van der Waals surface area contributed by atoms with E-state index in [2.05, 4.69) is 15.3 Å². The molecular formula is C19H28N4O2. The summed E-state index contributed by atoms with van der Waals surface area (Å²) in [5.41, 5.74) is 4.36. The molecule has 6 nitrogen and oxygen atoms in total. The standard InChI is InChI=1S/C19H28N4O2/c1-14-4-6-16(7-5-14)18(24)13-20-12-17-15(2)21-22(3)19(17)23-8-10-25-11-9-23/h4-7,18,20,24H,8-13H2,1-3H3/t18-/m0/s1. The molecule has 1 aliphatic rings. The molecule has 1 saturated heterocycles. The molecule has 0 unspecified atom stereocenters. The van der Waals surface area contributed by atoms with Gasteiger partial charge in [0.1, 0.15) is 5.82 Å². The Balaban J connectivity index is 1.63. The van der Waals surface area contributed by atoms with Gasteiger partial charge in [-0.05, 0) is 19.4 Å². The van der Waals surface area contributed by atoms with E-state index >= 15 is 0 Å². The number of nitrogens with one attached hydrogen (secondary N) is 1. The summed E-state index contributed by atoms with van der Waals surface area (Å²) in [6.45, 7) is 8.57. The third-order valence-corrected chi connectivity index (χ3v) is 4.73. The van der Waals surface area contributed by atoms with Crippen LogP contribution in [0.5, 0.6) is 0 Å². The van der Waals surface area contributed by atoms with Crippen molar-refractivity contribution >= 4 is 5.82 Å². The normalized spacial score (nSPS) is 16.2. The molecule has 1 aromatic carbocycles. The van der Waals surface area contributed by atoms with Gasteiger partial charge in [0, 0.05) is 38.8 Å². The van der Waals surface area contributed by atoms with Crippen LogP contribution in [-0.4, -0.2) is 47.7 Å². The van der Waals surface area contributed by atoms with Gasteiger partial charge in [-0.15, -0.1) is 0 Å². The first-order valence-corrected chi connectivity index (χ1v) is 8.86. The SMILES string of the molecule is Cc1ccc([C@@H](O)CNCc2c(C)nn(C)c2N2CCOCC2)cc1. The Morgan fingerprint density at radius 2 is 1.88 bits per heavy atom. The highest BCUT2D eigenvalue weighted by Gasteiger charge is 2.21. The fraction of sp³-hybridized carbons (Fsp3) is 0.526. The highest BCUT2D eigenvalue weighted by Crippen LogP contribution is 2.24. The zero-order valence-corrected chi connectivity index (χ0v) is 15.3. The number of aromatic nitrogens is 2. The summed E-state index contributed by atoms with van der Waals surface area (Å²) in [5, 5.41) is 18.3. The van der Waals surface area contributed by atoms with Crippen LogP contribution in [0.1, 0.15) is 28.5 Å². The second kappa shape index (κ2) is 7.99. The van der Waals surface area contributed by atoms with Crippen molar-refractivity contribution < 1.29 is 9.84 Å². The van der Waals surface area contributed by atoms with Crippen molar-refractivity contribution in [3.05, 3.63) is 46.6 Å². The van der Waals surface area contributed by atoms with E-state index < -0.39 is 6.10 Å². The van der Waals surface area contributed by atoms with Gasteiger partial charge in [0.2, 0.25) is 0 Å². The van der Waals surface area contributed by atoms with E-state index in [1.165, 1.54) is 11.1 Å². The summed E-state index contributed by atoms with van der Waals surface area (Å²) >= 11 is 0. The molecule has 0 radical (unpaired) electrons. The van der Waals surface area contributed by atoms with Gasteiger partial charge in [-0.3, -0.25) is 4.68 Å². The van der Waals surface area contributed by atoms with Crippen LogP contribution < -0.4 is 10.2 Å². The average Bonchev–Trinajstić information content (AvgIpc) is 2.89. The molecule has 25 heavy (non-hydrogen) atoms. The van der Waals surface area contributed by atoms with Gasteiger partial charge in [0.05, 0.1) is 25.0 Å². The summed E-state index contributed by atoms with van der Waals surface area (Å²) in [6, 6.07) is 8.02. The number of hydrogen-bond acceptors (Lipinski definition) is 5. The van der Waals surface area contributed by atoms with Gasteiger partial charge in [-0.2, -0.15) is 5.10 Å². The molecule has 1 aromatic heterocycles. The van der Waals surface area contributed by atoms with Gasteiger partial charge in [-0.1, -0.05) is 29.8 Å². The van der Waals surface area contributed by atoms with E-state index in [0.29, 0.717) is 13.1 Å². The van der Waals surface area contributed by atoms with Crippen molar-refractivity contribution in [1.29, 1.82) is 0 Å². The van der Waals surface area contributed by atoms with Crippen LogP contribution in [0.2, 0.25) is 0 Å². The maximum absolute atomic E-state index is 10.4. The molecule has 1 atom stereocenters. The van der Waals surface area contributed by atoms with Crippen LogP contribution >= 0.6 is 0 Å². The zero-order chi connectivity index (χ0) is 17.8. The molecule has 2 aromatic rings. The first-order chi connectivity index (χ1) is 12.1. The number of aryl methyl sites for hydroxylation is 3. The van der Waals surface area contributed by atoms with Crippen molar-refractivity contribution in [2.75, 3.05) is 37.7 Å². The monoisotopic (exact) mass is 344 g/mol. The fourth-order valence-corrected chi connectivity index (χ4v) is 3.31. The highest BCUT2D eigenvalue weighted by atomic mass is 16.5. The summed E-state index contributed by atoms with van der Waals surface area (Å²) < 4.78 is 7.41. The first kappa shape index (κ1) is 17.9. The smallest absolute Gasteiger partial charge is 0.131 e. The van der Waals surface area contributed by atoms with E-state index in [1.54, 1.807) is 0 Å². The Hall–Kier alpha value is -1.89. The Morgan fingerprint density at radius 3 is 2.56 bits per heavy atom. The van der Waals surface area contributed by atoms with Crippen LogP contribution in [0.3, 0.4) is 0 Å². The molecule has 2 heterocycles. The molecule has 0 spiro atoms. The molecule has 1 aliphatic heterocycles. The van der Waals surface area contributed by atoms with Crippen molar-refractivity contribution in [1.82, 2.24) is 15.1 Å². The lowest BCUT2D eigenvalue weighted by atomic mass is 10.1. The van der Waals surface area contributed by atoms with Gasteiger partial charge < -0.3 is 20.1 Å². The second-order valence-electron chi connectivity index (χ2n) is 6.67. The number of nitrogens with zero attached hydrogens (tertiary/aromatic N) is 3. The minimum atomic E-state index is -0.510. The molecule has 3 rings (SSSR count). The lowest BCUT2D eigenvalue weighted by Gasteiger charge is -2.29. The van der Waals surface area contributed by atoms with Crippen LogP contribution in [0.25, 0.3) is 0 Å². The van der Waals surface area contributed by atoms with Gasteiger partial charge in [0.25, 0.3) is 0 Å². The number of aliphatic hydroxyl groups is 1. The lowest BCUT2D eigenvalue weighted by Crippen LogP contribution is -2.38. The highest BCUT2D eigenvalue weighted by molar-refractivity contribution is 5.50. The van der Waals surface area contributed by atoms with Crippen LogP contribution in [0.15, 0.2) is 24.3 Å². The lowest BCUT2D eigenvalue weighted by molar-refractivity contribution is 0.122. The summed E-state index contributed by atoms with van der Waals surface area (Å²) in [7, 11) is 1.99.